The Bertz CT molecular complexity index is 43.7. The van der Waals surface area contributed by atoms with Crippen LogP contribution in [0.4, 0.5) is 0 Å². The van der Waals surface area contributed by atoms with E-state index in [1.165, 1.54) is 0 Å². The maximum Gasteiger partial charge on any atom is 0.0569 e. The monoisotopic (exact) mass is 136 g/mol. The van der Waals surface area contributed by atoms with Crippen molar-refractivity contribution in [2.24, 2.45) is 0 Å². The van der Waals surface area contributed by atoms with Crippen LogP contribution in [0, 0.1) is 0 Å². The van der Waals surface area contributed by atoms with Gasteiger partial charge in [0.05, 0.1) is 6.10 Å². The van der Waals surface area contributed by atoms with Crippen LogP contribution in [0.1, 0.15) is 12.8 Å². The molecule has 0 saturated carbocycles. The predicted molar refractivity (Wildman–Crippen MR) is 36.2 cm³/mol. The summed E-state index contributed by atoms with van der Waals surface area (Å²) in [5.74, 6) is 0.682. The van der Waals surface area contributed by atoms with Gasteiger partial charge in [-0.25, -0.2) is 0 Å². The van der Waals surface area contributed by atoms with Crippen molar-refractivity contribution in [3.8, 4) is 0 Å². The van der Waals surface area contributed by atoms with Gasteiger partial charge in [-0.3, -0.25) is 0 Å². The highest BCUT2D eigenvalue weighted by Crippen LogP contribution is 1.96. The summed E-state index contributed by atoms with van der Waals surface area (Å²) in [5.41, 5.74) is 0. The van der Waals surface area contributed by atoms with Crippen molar-refractivity contribution in [3.63, 3.8) is 0 Å². The number of aliphatic hydroxyl groups excluding tert-OH is 2. The lowest BCUT2D eigenvalue weighted by molar-refractivity contribution is 0.131. The summed E-state index contributed by atoms with van der Waals surface area (Å²) in [6, 6.07) is 0. The van der Waals surface area contributed by atoms with Crippen molar-refractivity contribution in [2.45, 2.75) is 18.9 Å². The Balaban J connectivity index is 2.92. The van der Waals surface area contributed by atoms with E-state index in [9.17, 15) is 0 Å². The number of hydrogen-bond donors (Lipinski definition) is 3. The van der Waals surface area contributed by atoms with Gasteiger partial charge in [0.2, 0.25) is 0 Å². The summed E-state index contributed by atoms with van der Waals surface area (Å²) in [4.78, 5) is 0. The third-order valence-electron chi connectivity index (χ3n) is 0.925. The van der Waals surface area contributed by atoms with Crippen LogP contribution >= 0.6 is 12.6 Å². The smallest absolute Gasteiger partial charge is 0.0569 e. The molecule has 1 unspecified atom stereocenters. The molecular formula is C5H12O2S. The summed E-state index contributed by atoms with van der Waals surface area (Å²) in [6.45, 7) is 0.0644. The normalized spacial score (nSPS) is 13.9. The number of hydrogen-bond acceptors (Lipinski definition) is 3. The number of thiol groups is 1. The third-order valence-corrected chi connectivity index (χ3v) is 1.18. The fraction of sp³-hybridized carbons (Fsp3) is 1.00. The Morgan fingerprint density at radius 3 is 2.38 bits per heavy atom. The Hall–Kier alpha value is 0.270. The summed E-state index contributed by atoms with van der Waals surface area (Å²) in [7, 11) is 0. The molecule has 0 aromatic carbocycles. The molecular weight excluding hydrogens is 124 g/mol. The molecule has 2 N–H and O–H groups in total. The molecule has 0 aliphatic carbocycles. The zero-order valence-corrected chi connectivity index (χ0v) is 5.64. The highest BCUT2D eigenvalue weighted by molar-refractivity contribution is 7.80. The van der Waals surface area contributed by atoms with Crippen molar-refractivity contribution in [1.82, 2.24) is 0 Å². The van der Waals surface area contributed by atoms with E-state index in [2.05, 4.69) is 12.6 Å². The molecule has 0 fully saturated rings. The van der Waals surface area contributed by atoms with Crippen molar-refractivity contribution in [3.05, 3.63) is 0 Å². The van der Waals surface area contributed by atoms with E-state index in [1.807, 2.05) is 0 Å². The van der Waals surface area contributed by atoms with Gasteiger partial charge in [0, 0.05) is 6.61 Å². The SMILES string of the molecule is OCCC(O)CCS. The van der Waals surface area contributed by atoms with Crippen molar-refractivity contribution in [1.29, 1.82) is 0 Å². The third kappa shape index (κ3) is 4.43. The molecule has 3 heteroatoms. The van der Waals surface area contributed by atoms with Crippen LogP contribution < -0.4 is 0 Å². The van der Waals surface area contributed by atoms with Gasteiger partial charge in [-0.15, -0.1) is 0 Å². The highest BCUT2D eigenvalue weighted by atomic mass is 32.1. The first kappa shape index (κ1) is 8.27. The molecule has 50 valence electrons. The molecule has 0 aliphatic heterocycles. The van der Waals surface area contributed by atoms with Crippen LogP contribution in [0.15, 0.2) is 0 Å². The molecule has 0 radical (unpaired) electrons. The van der Waals surface area contributed by atoms with E-state index in [1.54, 1.807) is 0 Å². The maximum absolute atomic E-state index is 8.84. The van der Waals surface area contributed by atoms with Crippen molar-refractivity contribution in [2.75, 3.05) is 12.4 Å². The first-order chi connectivity index (χ1) is 3.81. The molecule has 0 aliphatic rings. The molecule has 2 nitrogen and oxygen atoms in total. The van der Waals surface area contributed by atoms with Crippen LogP contribution in [0.25, 0.3) is 0 Å². The lowest BCUT2D eigenvalue weighted by Gasteiger charge is -2.03. The van der Waals surface area contributed by atoms with Crippen LogP contribution in [0.5, 0.6) is 0 Å². The van der Waals surface area contributed by atoms with E-state index in [-0.39, 0.29) is 12.7 Å². The lowest BCUT2D eigenvalue weighted by Crippen LogP contribution is -2.08. The average Bonchev–Trinajstić information content (AvgIpc) is 1.68. The topological polar surface area (TPSA) is 40.5 Å². The van der Waals surface area contributed by atoms with Crippen LogP contribution in [0.2, 0.25) is 0 Å². The van der Waals surface area contributed by atoms with E-state index in [0.717, 1.165) is 0 Å². The largest absolute Gasteiger partial charge is 0.396 e. The first-order valence-electron chi connectivity index (χ1n) is 2.71. The van der Waals surface area contributed by atoms with Gasteiger partial charge >= 0.3 is 0 Å². The standard InChI is InChI=1S/C5H12O2S/c6-3-1-5(7)2-4-8/h5-8H,1-4H2. The van der Waals surface area contributed by atoms with Crippen LogP contribution in [0.3, 0.4) is 0 Å². The molecule has 0 bridgehead atoms. The van der Waals surface area contributed by atoms with Crippen molar-refractivity contribution >= 4 is 12.6 Å². The number of rotatable bonds is 4. The second-order valence-corrected chi connectivity index (χ2v) is 2.13. The Labute approximate surface area is 54.9 Å². The average molecular weight is 136 g/mol. The fourth-order valence-electron chi connectivity index (χ4n) is 0.442. The van der Waals surface area contributed by atoms with Gasteiger partial charge in [0.25, 0.3) is 0 Å². The highest BCUT2D eigenvalue weighted by Gasteiger charge is 1.98. The molecule has 0 amide bonds. The maximum atomic E-state index is 8.84. The van der Waals surface area contributed by atoms with Gasteiger partial charge in [0.1, 0.15) is 0 Å². The second-order valence-electron chi connectivity index (χ2n) is 1.68. The molecule has 0 saturated heterocycles. The lowest BCUT2D eigenvalue weighted by atomic mass is 10.2. The molecule has 0 heterocycles. The molecule has 8 heavy (non-hydrogen) atoms. The molecule has 0 aromatic rings. The van der Waals surface area contributed by atoms with Gasteiger partial charge in [-0.1, -0.05) is 0 Å². The van der Waals surface area contributed by atoms with Crippen LogP contribution in [-0.2, 0) is 0 Å². The minimum absolute atomic E-state index is 0.0644. The van der Waals surface area contributed by atoms with Gasteiger partial charge in [0.15, 0.2) is 0 Å². The summed E-state index contributed by atoms with van der Waals surface area (Å²) >= 11 is 3.91. The number of aliphatic hydroxyl groups is 2. The zero-order valence-electron chi connectivity index (χ0n) is 4.75. The predicted octanol–water partition coefficient (Wildman–Crippen LogP) is 0.0496. The van der Waals surface area contributed by atoms with Crippen LogP contribution in [-0.4, -0.2) is 28.7 Å². The molecule has 0 rings (SSSR count). The second kappa shape index (κ2) is 5.41. The van der Waals surface area contributed by atoms with Gasteiger partial charge < -0.3 is 10.2 Å². The quantitative estimate of drug-likeness (QED) is 0.478. The molecule has 0 aromatic heterocycles. The van der Waals surface area contributed by atoms with Gasteiger partial charge in [-0.2, -0.15) is 12.6 Å². The summed E-state index contributed by atoms with van der Waals surface area (Å²) in [5, 5.41) is 17.1. The Kier molecular flexibility index (Phi) is 5.59. The van der Waals surface area contributed by atoms with E-state index in [4.69, 9.17) is 10.2 Å². The van der Waals surface area contributed by atoms with E-state index in [0.29, 0.717) is 18.6 Å². The van der Waals surface area contributed by atoms with Crippen molar-refractivity contribution < 1.29 is 10.2 Å². The van der Waals surface area contributed by atoms with E-state index < -0.39 is 0 Å². The Morgan fingerprint density at radius 1 is 1.38 bits per heavy atom. The fourth-order valence-corrected chi connectivity index (χ4v) is 0.740. The first-order valence-corrected chi connectivity index (χ1v) is 3.34. The molecule has 0 spiro atoms. The summed E-state index contributed by atoms with van der Waals surface area (Å²) in [6.07, 6.45) is 0.780. The van der Waals surface area contributed by atoms with Gasteiger partial charge in [-0.05, 0) is 18.6 Å². The minimum Gasteiger partial charge on any atom is -0.396 e. The zero-order chi connectivity index (χ0) is 6.41. The van der Waals surface area contributed by atoms with E-state index >= 15 is 0 Å². The minimum atomic E-state index is -0.363. The Morgan fingerprint density at radius 2 is 2.00 bits per heavy atom. The summed E-state index contributed by atoms with van der Waals surface area (Å²) < 4.78 is 0. The molecule has 1 atom stereocenters.